The Balaban J connectivity index is 1.75. The minimum Gasteiger partial charge on any atom is -0.454 e. The number of fused-ring (bicyclic) bond motifs is 1. The van der Waals surface area contributed by atoms with E-state index in [1.54, 1.807) is 30.0 Å². The molecule has 20 heavy (non-hydrogen) atoms. The van der Waals surface area contributed by atoms with Crippen LogP contribution in [0.25, 0.3) is 0 Å². The van der Waals surface area contributed by atoms with Gasteiger partial charge in [-0.15, -0.1) is 11.8 Å². The van der Waals surface area contributed by atoms with Gasteiger partial charge in [0.15, 0.2) is 11.5 Å². The molecule has 3 rings (SSSR count). The molecule has 0 aromatic heterocycles. The van der Waals surface area contributed by atoms with Gasteiger partial charge in [0.2, 0.25) is 6.79 Å². The Morgan fingerprint density at radius 1 is 1.10 bits per heavy atom. The van der Waals surface area contributed by atoms with Crippen LogP contribution in [0.3, 0.4) is 0 Å². The lowest BCUT2D eigenvalue weighted by Crippen LogP contribution is -2.11. The molecule has 2 aromatic carbocycles. The number of hydrogen-bond acceptors (Lipinski definition) is 4. The highest BCUT2D eigenvalue weighted by Gasteiger charge is 2.16. The van der Waals surface area contributed by atoms with Crippen molar-refractivity contribution in [3.8, 4) is 11.5 Å². The summed E-state index contributed by atoms with van der Waals surface area (Å²) in [6.45, 7) is 0.205. The van der Waals surface area contributed by atoms with Crippen LogP contribution in [0.5, 0.6) is 11.5 Å². The molecule has 102 valence electrons. The maximum Gasteiger partial charge on any atom is 0.255 e. The molecule has 4 nitrogen and oxygen atoms in total. The molecular formula is C15H13NO3S. The molecule has 0 spiro atoms. The lowest BCUT2D eigenvalue weighted by molar-refractivity contribution is 0.102. The van der Waals surface area contributed by atoms with Crippen LogP contribution in [0.1, 0.15) is 10.4 Å². The summed E-state index contributed by atoms with van der Waals surface area (Å²) in [7, 11) is 0. The van der Waals surface area contributed by atoms with Crippen molar-refractivity contribution < 1.29 is 14.3 Å². The van der Waals surface area contributed by atoms with Crippen LogP contribution in [0, 0.1) is 0 Å². The number of thioether (sulfide) groups is 1. The molecule has 5 heteroatoms. The van der Waals surface area contributed by atoms with Crippen LogP contribution < -0.4 is 14.8 Å². The van der Waals surface area contributed by atoms with Crippen LogP contribution in [-0.4, -0.2) is 19.0 Å². The summed E-state index contributed by atoms with van der Waals surface area (Å²) in [6, 6.07) is 12.9. The zero-order valence-corrected chi connectivity index (χ0v) is 11.7. The zero-order valence-electron chi connectivity index (χ0n) is 10.9. The van der Waals surface area contributed by atoms with Crippen LogP contribution in [-0.2, 0) is 0 Å². The van der Waals surface area contributed by atoms with E-state index >= 15 is 0 Å². The second kappa shape index (κ2) is 5.46. The lowest BCUT2D eigenvalue weighted by atomic mass is 10.2. The van der Waals surface area contributed by atoms with E-state index in [0.29, 0.717) is 17.1 Å². The van der Waals surface area contributed by atoms with E-state index in [2.05, 4.69) is 5.32 Å². The molecule has 0 bridgehead atoms. The molecule has 1 aliphatic heterocycles. The van der Waals surface area contributed by atoms with Crippen LogP contribution in [0.2, 0.25) is 0 Å². The van der Waals surface area contributed by atoms with Crippen molar-refractivity contribution in [2.24, 2.45) is 0 Å². The zero-order chi connectivity index (χ0) is 13.9. The van der Waals surface area contributed by atoms with Gasteiger partial charge in [0.05, 0.1) is 0 Å². The fourth-order valence-electron chi connectivity index (χ4n) is 1.92. The summed E-state index contributed by atoms with van der Waals surface area (Å²) < 4.78 is 10.5. The van der Waals surface area contributed by atoms with Crippen molar-refractivity contribution in [1.29, 1.82) is 0 Å². The molecule has 1 heterocycles. The smallest absolute Gasteiger partial charge is 0.255 e. The number of amides is 1. The van der Waals surface area contributed by atoms with Gasteiger partial charge in [-0.05, 0) is 48.7 Å². The maximum atomic E-state index is 12.2. The van der Waals surface area contributed by atoms with E-state index in [1.807, 2.05) is 30.5 Å². The first kappa shape index (κ1) is 12.9. The number of hydrogen-bond donors (Lipinski definition) is 1. The summed E-state index contributed by atoms with van der Waals surface area (Å²) in [4.78, 5) is 13.3. The monoisotopic (exact) mass is 287 g/mol. The molecule has 0 atom stereocenters. The van der Waals surface area contributed by atoms with E-state index in [4.69, 9.17) is 9.47 Å². The van der Waals surface area contributed by atoms with Crippen molar-refractivity contribution in [2.45, 2.75) is 4.90 Å². The van der Waals surface area contributed by atoms with E-state index in [0.717, 1.165) is 10.6 Å². The number of carbonyl (C=O) groups excluding carboxylic acids is 1. The highest BCUT2D eigenvalue weighted by atomic mass is 32.2. The van der Waals surface area contributed by atoms with E-state index in [1.165, 1.54) is 0 Å². The van der Waals surface area contributed by atoms with Crippen LogP contribution in [0.15, 0.2) is 47.4 Å². The summed E-state index contributed by atoms with van der Waals surface area (Å²) in [6.07, 6.45) is 2.01. The topological polar surface area (TPSA) is 47.6 Å². The third-order valence-electron chi connectivity index (χ3n) is 2.98. The Morgan fingerprint density at radius 3 is 2.60 bits per heavy atom. The maximum absolute atomic E-state index is 12.2. The third-order valence-corrected chi connectivity index (χ3v) is 3.73. The molecule has 1 N–H and O–H groups in total. The van der Waals surface area contributed by atoms with Gasteiger partial charge in [0.25, 0.3) is 5.91 Å². The van der Waals surface area contributed by atoms with Gasteiger partial charge in [-0.25, -0.2) is 0 Å². The first-order chi connectivity index (χ1) is 9.76. The van der Waals surface area contributed by atoms with Gasteiger partial charge in [-0.1, -0.05) is 0 Å². The first-order valence-corrected chi connectivity index (χ1v) is 7.34. The average Bonchev–Trinajstić information content (AvgIpc) is 2.95. The van der Waals surface area contributed by atoms with Gasteiger partial charge >= 0.3 is 0 Å². The summed E-state index contributed by atoms with van der Waals surface area (Å²) >= 11 is 1.66. The Bertz CT molecular complexity index is 640. The molecule has 1 amide bonds. The Kier molecular flexibility index (Phi) is 3.52. The summed E-state index contributed by atoms with van der Waals surface area (Å²) in [5, 5.41) is 2.86. The Morgan fingerprint density at radius 2 is 1.85 bits per heavy atom. The number of nitrogens with one attached hydrogen (secondary N) is 1. The number of anilines is 1. The van der Waals surface area contributed by atoms with Crippen molar-refractivity contribution in [3.63, 3.8) is 0 Å². The van der Waals surface area contributed by atoms with Crippen molar-refractivity contribution in [1.82, 2.24) is 0 Å². The van der Waals surface area contributed by atoms with Crippen molar-refractivity contribution >= 4 is 23.4 Å². The molecule has 0 radical (unpaired) electrons. The Hall–Kier alpha value is -2.14. The van der Waals surface area contributed by atoms with E-state index in [-0.39, 0.29) is 12.7 Å². The van der Waals surface area contributed by atoms with Gasteiger partial charge in [0.1, 0.15) is 0 Å². The van der Waals surface area contributed by atoms with Crippen LogP contribution >= 0.6 is 11.8 Å². The normalized spacial score (nSPS) is 12.2. The number of ether oxygens (including phenoxy) is 2. The Labute approximate surface area is 121 Å². The number of carbonyl (C=O) groups is 1. The van der Waals surface area contributed by atoms with Gasteiger partial charge < -0.3 is 14.8 Å². The fourth-order valence-corrected chi connectivity index (χ4v) is 2.32. The highest BCUT2D eigenvalue weighted by molar-refractivity contribution is 7.98. The molecule has 0 unspecified atom stereocenters. The minimum absolute atomic E-state index is 0.166. The predicted octanol–water partition coefficient (Wildman–Crippen LogP) is 3.39. The van der Waals surface area contributed by atoms with Gasteiger partial charge in [-0.2, -0.15) is 0 Å². The molecule has 0 fully saturated rings. The molecular weight excluding hydrogens is 274 g/mol. The van der Waals surface area contributed by atoms with Gasteiger partial charge in [0, 0.05) is 16.1 Å². The van der Waals surface area contributed by atoms with Gasteiger partial charge in [-0.3, -0.25) is 4.79 Å². The second-order valence-electron chi connectivity index (χ2n) is 4.25. The standard InChI is InChI=1S/C15H13NO3S/c1-20-12-5-3-11(4-6-12)16-15(17)10-2-7-13-14(8-10)19-9-18-13/h2-8H,9H2,1H3,(H,16,17). The molecule has 0 saturated heterocycles. The lowest BCUT2D eigenvalue weighted by Gasteiger charge is -2.06. The molecule has 0 aliphatic carbocycles. The SMILES string of the molecule is CSc1ccc(NC(=O)c2ccc3c(c2)OCO3)cc1. The first-order valence-electron chi connectivity index (χ1n) is 6.11. The predicted molar refractivity (Wildman–Crippen MR) is 78.7 cm³/mol. The highest BCUT2D eigenvalue weighted by Crippen LogP contribution is 2.32. The summed E-state index contributed by atoms with van der Waals surface area (Å²) in [5.41, 5.74) is 1.31. The second-order valence-corrected chi connectivity index (χ2v) is 5.13. The minimum atomic E-state index is -0.166. The van der Waals surface area contributed by atoms with Crippen molar-refractivity contribution in [2.75, 3.05) is 18.4 Å². The van der Waals surface area contributed by atoms with Crippen molar-refractivity contribution in [3.05, 3.63) is 48.0 Å². The summed E-state index contributed by atoms with van der Waals surface area (Å²) in [5.74, 6) is 1.11. The van der Waals surface area contributed by atoms with E-state index < -0.39 is 0 Å². The molecule has 2 aromatic rings. The number of rotatable bonds is 3. The molecule has 1 aliphatic rings. The third kappa shape index (κ3) is 2.58. The average molecular weight is 287 g/mol. The molecule has 0 saturated carbocycles. The largest absolute Gasteiger partial charge is 0.454 e. The van der Waals surface area contributed by atoms with Crippen LogP contribution in [0.4, 0.5) is 5.69 Å². The fraction of sp³-hybridized carbons (Fsp3) is 0.133. The quantitative estimate of drug-likeness (QED) is 0.879. The number of benzene rings is 2. The van der Waals surface area contributed by atoms with E-state index in [9.17, 15) is 4.79 Å².